The zero-order chi connectivity index (χ0) is 20.2. The average Bonchev–Trinajstić information content (AvgIpc) is 3.51. The molecule has 0 N–H and O–H groups in total. The number of benzene rings is 1. The number of furan rings is 1. The molecular weight excluding hydrogens is 392 g/mol. The first kappa shape index (κ1) is 18.8. The number of nitrogens with zero attached hydrogens (tertiary/aromatic N) is 2. The van der Waals surface area contributed by atoms with Crippen LogP contribution in [-0.2, 0) is 9.53 Å². The van der Waals surface area contributed by atoms with E-state index in [4.69, 9.17) is 9.15 Å². The van der Waals surface area contributed by atoms with E-state index in [0.717, 1.165) is 10.6 Å². The standard InChI is InChI=1S/C21H16N2O5S/c24-12-14-5-1-2-6-15(14)21(26)28-13-20(25)23-17(18-7-3-9-27-18)11-16(22-23)19-8-4-10-29-19/h1-10,12,17H,11,13H2. The van der Waals surface area contributed by atoms with Gasteiger partial charge in [-0.05, 0) is 29.6 Å². The van der Waals surface area contributed by atoms with Crippen molar-refractivity contribution in [2.75, 3.05) is 6.61 Å². The Bertz CT molecular complexity index is 1060. The highest BCUT2D eigenvalue weighted by molar-refractivity contribution is 7.12. The summed E-state index contributed by atoms with van der Waals surface area (Å²) in [5.41, 5.74) is 1.09. The van der Waals surface area contributed by atoms with Gasteiger partial charge in [0.25, 0.3) is 5.91 Å². The predicted molar refractivity (Wildman–Crippen MR) is 106 cm³/mol. The third-order valence-electron chi connectivity index (χ3n) is 4.48. The highest BCUT2D eigenvalue weighted by Gasteiger charge is 2.35. The summed E-state index contributed by atoms with van der Waals surface area (Å²) < 4.78 is 10.6. The number of amides is 1. The minimum atomic E-state index is -0.739. The van der Waals surface area contributed by atoms with Crippen LogP contribution in [0.3, 0.4) is 0 Å². The topological polar surface area (TPSA) is 89.2 Å². The van der Waals surface area contributed by atoms with Crippen LogP contribution < -0.4 is 0 Å². The summed E-state index contributed by atoms with van der Waals surface area (Å²) in [7, 11) is 0. The lowest BCUT2D eigenvalue weighted by Gasteiger charge is -2.19. The summed E-state index contributed by atoms with van der Waals surface area (Å²) in [6.45, 7) is -0.496. The van der Waals surface area contributed by atoms with Crippen LogP contribution in [0.5, 0.6) is 0 Å². The Kier molecular flexibility index (Phi) is 5.35. The number of ether oxygens (including phenoxy) is 1. The molecule has 0 aliphatic carbocycles. The van der Waals surface area contributed by atoms with Gasteiger partial charge in [0, 0.05) is 12.0 Å². The van der Waals surface area contributed by atoms with Gasteiger partial charge in [0.2, 0.25) is 0 Å². The van der Waals surface area contributed by atoms with Gasteiger partial charge in [-0.15, -0.1) is 11.3 Å². The van der Waals surface area contributed by atoms with Gasteiger partial charge in [-0.2, -0.15) is 5.10 Å². The summed E-state index contributed by atoms with van der Waals surface area (Å²) in [5, 5.41) is 7.70. The van der Waals surface area contributed by atoms with E-state index in [1.165, 1.54) is 34.7 Å². The van der Waals surface area contributed by atoms with Gasteiger partial charge in [-0.3, -0.25) is 9.59 Å². The minimum Gasteiger partial charge on any atom is -0.467 e. The molecule has 0 fully saturated rings. The average molecular weight is 408 g/mol. The Balaban J connectivity index is 1.50. The van der Waals surface area contributed by atoms with E-state index in [9.17, 15) is 14.4 Å². The summed E-state index contributed by atoms with van der Waals surface area (Å²) >= 11 is 1.54. The van der Waals surface area contributed by atoms with Crippen LogP contribution in [0.25, 0.3) is 0 Å². The Labute approximate surface area is 170 Å². The minimum absolute atomic E-state index is 0.113. The molecular formula is C21H16N2O5S. The van der Waals surface area contributed by atoms with Crippen LogP contribution in [0.1, 0.15) is 43.8 Å². The van der Waals surface area contributed by atoms with E-state index < -0.39 is 24.5 Å². The van der Waals surface area contributed by atoms with E-state index in [-0.39, 0.29) is 11.1 Å². The van der Waals surface area contributed by atoms with E-state index in [1.807, 2.05) is 17.5 Å². The molecule has 0 saturated heterocycles. The first-order chi connectivity index (χ1) is 14.2. The van der Waals surface area contributed by atoms with Crippen LogP contribution >= 0.6 is 11.3 Å². The lowest BCUT2D eigenvalue weighted by Crippen LogP contribution is -2.31. The van der Waals surface area contributed by atoms with Gasteiger partial charge in [0.1, 0.15) is 11.8 Å². The smallest absolute Gasteiger partial charge is 0.339 e. The first-order valence-corrected chi connectivity index (χ1v) is 9.73. The maximum atomic E-state index is 12.8. The van der Waals surface area contributed by atoms with E-state index in [0.29, 0.717) is 18.5 Å². The Morgan fingerprint density at radius 2 is 2.07 bits per heavy atom. The van der Waals surface area contributed by atoms with Crippen molar-refractivity contribution in [3.8, 4) is 0 Å². The first-order valence-electron chi connectivity index (χ1n) is 8.85. The lowest BCUT2D eigenvalue weighted by atomic mass is 10.1. The molecule has 0 bridgehead atoms. The third kappa shape index (κ3) is 3.88. The van der Waals surface area contributed by atoms with Gasteiger partial charge in [0.05, 0.1) is 22.4 Å². The molecule has 1 aliphatic heterocycles. The molecule has 1 atom stereocenters. The molecule has 1 aliphatic rings. The van der Waals surface area contributed by atoms with Crippen LogP contribution in [-0.4, -0.2) is 35.5 Å². The van der Waals surface area contributed by atoms with Crippen molar-refractivity contribution in [1.29, 1.82) is 0 Å². The highest BCUT2D eigenvalue weighted by atomic mass is 32.1. The van der Waals surface area contributed by atoms with Crippen molar-refractivity contribution in [3.05, 3.63) is 81.9 Å². The molecule has 4 rings (SSSR count). The largest absolute Gasteiger partial charge is 0.467 e. The predicted octanol–water partition coefficient (Wildman–Crippen LogP) is 3.69. The second-order valence-corrected chi connectivity index (χ2v) is 7.23. The number of carbonyl (C=O) groups excluding carboxylic acids is 3. The van der Waals surface area contributed by atoms with E-state index >= 15 is 0 Å². The van der Waals surface area contributed by atoms with E-state index in [1.54, 1.807) is 24.3 Å². The number of carbonyl (C=O) groups is 3. The van der Waals surface area contributed by atoms with Crippen molar-refractivity contribution in [2.45, 2.75) is 12.5 Å². The number of hydrogen-bond donors (Lipinski definition) is 0. The normalized spacial score (nSPS) is 15.8. The van der Waals surface area contributed by atoms with Gasteiger partial charge in [0.15, 0.2) is 12.9 Å². The SMILES string of the molecule is O=Cc1ccccc1C(=O)OCC(=O)N1N=C(c2cccs2)CC1c1ccco1. The maximum absolute atomic E-state index is 12.8. The molecule has 8 heteroatoms. The number of esters is 1. The monoisotopic (exact) mass is 408 g/mol. The van der Waals surface area contributed by atoms with Crippen LogP contribution in [0.4, 0.5) is 0 Å². The molecule has 146 valence electrons. The van der Waals surface area contributed by atoms with Crippen molar-refractivity contribution < 1.29 is 23.5 Å². The molecule has 1 amide bonds. The van der Waals surface area contributed by atoms with Crippen molar-refractivity contribution in [3.63, 3.8) is 0 Å². The summed E-state index contributed by atoms with van der Waals surface area (Å²) in [5.74, 6) is -0.613. The molecule has 0 saturated carbocycles. The molecule has 29 heavy (non-hydrogen) atoms. The van der Waals surface area contributed by atoms with Crippen molar-refractivity contribution in [2.24, 2.45) is 5.10 Å². The molecule has 3 aromatic rings. The molecule has 1 aromatic carbocycles. The highest BCUT2D eigenvalue weighted by Crippen LogP contribution is 2.34. The Hall–Kier alpha value is -3.52. The van der Waals surface area contributed by atoms with Gasteiger partial charge in [-0.25, -0.2) is 9.80 Å². The molecule has 1 unspecified atom stereocenters. The number of rotatable bonds is 6. The number of hydrogen-bond acceptors (Lipinski definition) is 7. The van der Waals surface area contributed by atoms with Crippen molar-refractivity contribution >= 4 is 35.2 Å². The third-order valence-corrected chi connectivity index (χ3v) is 5.40. The number of thiophene rings is 1. The summed E-state index contributed by atoms with van der Waals surface area (Å²) in [4.78, 5) is 37.1. The van der Waals surface area contributed by atoms with Crippen molar-refractivity contribution in [1.82, 2.24) is 5.01 Å². The second-order valence-electron chi connectivity index (χ2n) is 6.28. The molecule has 2 aromatic heterocycles. The summed E-state index contributed by atoms with van der Waals surface area (Å²) in [6.07, 6.45) is 2.61. The summed E-state index contributed by atoms with van der Waals surface area (Å²) in [6, 6.07) is 13.2. The van der Waals surface area contributed by atoms with Gasteiger partial charge in [-0.1, -0.05) is 24.3 Å². The number of hydrazone groups is 1. The fourth-order valence-electron chi connectivity index (χ4n) is 3.09. The fraction of sp³-hybridized carbons (Fsp3) is 0.143. The maximum Gasteiger partial charge on any atom is 0.339 e. The van der Waals surface area contributed by atoms with Crippen LogP contribution in [0.15, 0.2) is 69.7 Å². The zero-order valence-electron chi connectivity index (χ0n) is 15.2. The van der Waals surface area contributed by atoms with Crippen LogP contribution in [0, 0.1) is 0 Å². The molecule has 7 nitrogen and oxygen atoms in total. The molecule has 3 heterocycles. The Morgan fingerprint density at radius 1 is 1.21 bits per heavy atom. The zero-order valence-corrected chi connectivity index (χ0v) is 16.0. The van der Waals surface area contributed by atoms with E-state index in [2.05, 4.69) is 5.10 Å². The van der Waals surface area contributed by atoms with Gasteiger partial charge >= 0.3 is 5.97 Å². The quantitative estimate of drug-likeness (QED) is 0.458. The fourth-order valence-corrected chi connectivity index (χ4v) is 3.81. The number of aldehydes is 1. The lowest BCUT2D eigenvalue weighted by molar-refractivity contribution is -0.136. The Morgan fingerprint density at radius 3 is 2.79 bits per heavy atom. The second kappa shape index (κ2) is 8.24. The molecule has 0 spiro atoms. The van der Waals surface area contributed by atoms with Gasteiger partial charge < -0.3 is 9.15 Å². The van der Waals surface area contributed by atoms with Crippen LogP contribution in [0.2, 0.25) is 0 Å². The molecule has 0 radical (unpaired) electrons.